The lowest BCUT2D eigenvalue weighted by Crippen LogP contribution is -2.08. The Hall–Kier alpha value is -2.16. The molecule has 0 spiro atoms. The van der Waals surface area contributed by atoms with E-state index in [2.05, 4.69) is 44.3 Å². The highest BCUT2D eigenvalue weighted by molar-refractivity contribution is 5.55. The number of benzene rings is 2. The first-order valence-electron chi connectivity index (χ1n) is 6.72. The third-order valence-corrected chi connectivity index (χ3v) is 3.45. The zero-order valence-electron chi connectivity index (χ0n) is 12.4. The van der Waals surface area contributed by atoms with Crippen LogP contribution in [0.4, 0.5) is 5.69 Å². The number of aromatic hydroxyl groups is 1. The molecule has 0 saturated carbocycles. The van der Waals surface area contributed by atoms with Gasteiger partial charge in [-0.2, -0.15) is 0 Å². The Morgan fingerprint density at radius 2 is 1.85 bits per heavy atom. The fourth-order valence-electron chi connectivity index (χ4n) is 2.42. The van der Waals surface area contributed by atoms with E-state index in [9.17, 15) is 5.11 Å². The number of rotatable bonds is 4. The summed E-state index contributed by atoms with van der Waals surface area (Å²) in [5.74, 6) is 0.625. The third-order valence-electron chi connectivity index (χ3n) is 3.45. The molecule has 0 radical (unpaired) electrons. The van der Waals surface area contributed by atoms with Gasteiger partial charge in [-0.05, 0) is 44.0 Å². The van der Waals surface area contributed by atoms with Gasteiger partial charge in [0.05, 0.1) is 7.11 Å². The highest BCUT2D eigenvalue weighted by Gasteiger charge is 2.10. The van der Waals surface area contributed by atoms with Crippen molar-refractivity contribution in [3.63, 3.8) is 0 Å². The summed E-state index contributed by atoms with van der Waals surface area (Å²) in [6.45, 7) is 6.32. The van der Waals surface area contributed by atoms with Crippen LogP contribution in [0.3, 0.4) is 0 Å². The summed E-state index contributed by atoms with van der Waals surface area (Å²) in [4.78, 5) is 0. The molecular weight excluding hydrogens is 250 g/mol. The number of hydrogen-bond donors (Lipinski definition) is 2. The molecule has 1 unspecified atom stereocenters. The molecule has 0 bridgehead atoms. The largest absolute Gasteiger partial charge is 0.504 e. The summed E-state index contributed by atoms with van der Waals surface area (Å²) in [6, 6.07) is 11.9. The quantitative estimate of drug-likeness (QED) is 0.876. The molecule has 3 nitrogen and oxygen atoms in total. The van der Waals surface area contributed by atoms with E-state index >= 15 is 0 Å². The molecule has 0 aliphatic rings. The lowest BCUT2D eigenvalue weighted by Gasteiger charge is -2.19. The zero-order chi connectivity index (χ0) is 14.7. The van der Waals surface area contributed by atoms with Gasteiger partial charge in [-0.1, -0.05) is 23.8 Å². The topological polar surface area (TPSA) is 41.5 Å². The van der Waals surface area contributed by atoms with E-state index in [1.807, 2.05) is 6.07 Å². The molecule has 2 aromatic rings. The van der Waals surface area contributed by atoms with Crippen LogP contribution in [0.1, 0.15) is 29.7 Å². The van der Waals surface area contributed by atoms with Gasteiger partial charge < -0.3 is 15.2 Å². The molecule has 0 aromatic heterocycles. The molecule has 1 atom stereocenters. The van der Waals surface area contributed by atoms with E-state index in [4.69, 9.17) is 4.74 Å². The molecule has 0 amide bonds. The minimum Gasteiger partial charge on any atom is -0.504 e. The molecule has 0 aliphatic heterocycles. The fourth-order valence-corrected chi connectivity index (χ4v) is 2.42. The van der Waals surface area contributed by atoms with Gasteiger partial charge in [0.25, 0.3) is 0 Å². The van der Waals surface area contributed by atoms with Crippen molar-refractivity contribution < 1.29 is 9.84 Å². The van der Waals surface area contributed by atoms with Crippen molar-refractivity contribution in [1.29, 1.82) is 0 Å². The van der Waals surface area contributed by atoms with Crippen LogP contribution in [0.2, 0.25) is 0 Å². The van der Waals surface area contributed by atoms with Gasteiger partial charge in [-0.3, -0.25) is 0 Å². The zero-order valence-corrected chi connectivity index (χ0v) is 12.4. The molecule has 3 heteroatoms. The second-order valence-corrected chi connectivity index (χ2v) is 5.11. The number of phenolic OH excluding ortho intramolecular Hbond substituents is 1. The van der Waals surface area contributed by atoms with Crippen LogP contribution in [0, 0.1) is 13.8 Å². The maximum atomic E-state index is 9.80. The minimum atomic E-state index is 0.144. The summed E-state index contributed by atoms with van der Waals surface area (Å²) < 4.78 is 5.04. The smallest absolute Gasteiger partial charge is 0.160 e. The SMILES string of the molecule is COc1ccc(NC(C)c2ccc(C)cc2C)cc1O. The van der Waals surface area contributed by atoms with E-state index in [1.54, 1.807) is 19.2 Å². The lowest BCUT2D eigenvalue weighted by atomic mass is 10.00. The third kappa shape index (κ3) is 3.05. The van der Waals surface area contributed by atoms with Crippen LogP contribution in [-0.2, 0) is 0 Å². The van der Waals surface area contributed by atoms with Crippen molar-refractivity contribution in [2.45, 2.75) is 26.8 Å². The molecule has 0 heterocycles. The van der Waals surface area contributed by atoms with Gasteiger partial charge in [0.1, 0.15) is 0 Å². The van der Waals surface area contributed by atoms with Crippen LogP contribution in [0.15, 0.2) is 36.4 Å². The Morgan fingerprint density at radius 1 is 1.10 bits per heavy atom. The van der Waals surface area contributed by atoms with Gasteiger partial charge in [-0.15, -0.1) is 0 Å². The Labute approximate surface area is 120 Å². The van der Waals surface area contributed by atoms with Crippen LogP contribution in [0.25, 0.3) is 0 Å². The molecule has 2 aromatic carbocycles. The van der Waals surface area contributed by atoms with Gasteiger partial charge in [0.2, 0.25) is 0 Å². The van der Waals surface area contributed by atoms with Crippen LogP contribution >= 0.6 is 0 Å². The van der Waals surface area contributed by atoms with Gasteiger partial charge in [-0.25, -0.2) is 0 Å². The number of phenols is 1. The second kappa shape index (κ2) is 5.87. The second-order valence-electron chi connectivity index (χ2n) is 5.11. The van der Waals surface area contributed by atoms with E-state index in [1.165, 1.54) is 16.7 Å². The first kappa shape index (κ1) is 14.3. The molecule has 20 heavy (non-hydrogen) atoms. The van der Waals surface area contributed by atoms with E-state index in [-0.39, 0.29) is 11.8 Å². The highest BCUT2D eigenvalue weighted by Crippen LogP contribution is 2.30. The predicted octanol–water partition coefficient (Wildman–Crippen LogP) is 4.19. The summed E-state index contributed by atoms with van der Waals surface area (Å²) in [5.41, 5.74) is 4.66. The van der Waals surface area contributed by atoms with Crippen molar-refractivity contribution in [3.8, 4) is 11.5 Å². The van der Waals surface area contributed by atoms with E-state index in [0.29, 0.717) is 5.75 Å². The van der Waals surface area contributed by atoms with Gasteiger partial charge in [0, 0.05) is 17.8 Å². The minimum absolute atomic E-state index is 0.144. The first-order valence-corrected chi connectivity index (χ1v) is 6.72. The van der Waals surface area contributed by atoms with Crippen molar-refractivity contribution in [2.24, 2.45) is 0 Å². The van der Waals surface area contributed by atoms with E-state index < -0.39 is 0 Å². The van der Waals surface area contributed by atoms with Crippen molar-refractivity contribution in [1.82, 2.24) is 0 Å². The summed E-state index contributed by atoms with van der Waals surface area (Å²) in [5, 5.41) is 13.2. The number of hydrogen-bond acceptors (Lipinski definition) is 3. The van der Waals surface area contributed by atoms with Gasteiger partial charge >= 0.3 is 0 Å². The molecule has 2 rings (SSSR count). The standard InChI is InChI=1S/C17H21NO2/c1-11-5-7-15(12(2)9-11)13(3)18-14-6-8-17(20-4)16(19)10-14/h5-10,13,18-19H,1-4H3. The summed E-state index contributed by atoms with van der Waals surface area (Å²) >= 11 is 0. The number of aryl methyl sites for hydroxylation is 2. The average molecular weight is 271 g/mol. The Bertz CT molecular complexity index is 608. The van der Waals surface area contributed by atoms with E-state index in [0.717, 1.165) is 5.69 Å². The molecule has 0 fully saturated rings. The predicted molar refractivity (Wildman–Crippen MR) is 82.6 cm³/mol. The maximum Gasteiger partial charge on any atom is 0.160 e. The molecule has 0 aliphatic carbocycles. The average Bonchev–Trinajstić information content (AvgIpc) is 2.38. The van der Waals surface area contributed by atoms with Crippen molar-refractivity contribution >= 4 is 5.69 Å². The van der Waals surface area contributed by atoms with Crippen molar-refractivity contribution in [2.75, 3.05) is 12.4 Å². The Balaban J connectivity index is 2.18. The Morgan fingerprint density at radius 3 is 2.45 bits per heavy atom. The number of anilines is 1. The molecule has 106 valence electrons. The maximum absolute atomic E-state index is 9.80. The van der Waals surface area contributed by atoms with Crippen LogP contribution in [-0.4, -0.2) is 12.2 Å². The molecule has 2 N–H and O–H groups in total. The lowest BCUT2D eigenvalue weighted by molar-refractivity contribution is 0.373. The van der Waals surface area contributed by atoms with Gasteiger partial charge in [0.15, 0.2) is 11.5 Å². The summed E-state index contributed by atoms with van der Waals surface area (Å²) in [6.07, 6.45) is 0. The number of methoxy groups -OCH3 is 1. The van der Waals surface area contributed by atoms with Crippen molar-refractivity contribution in [3.05, 3.63) is 53.1 Å². The first-order chi connectivity index (χ1) is 9.51. The monoisotopic (exact) mass is 271 g/mol. The number of nitrogens with one attached hydrogen (secondary N) is 1. The fraction of sp³-hybridized carbons (Fsp3) is 0.294. The number of ether oxygens (including phenoxy) is 1. The summed E-state index contributed by atoms with van der Waals surface area (Å²) in [7, 11) is 1.54. The Kier molecular flexibility index (Phi) is 4.18. The van der Waals surface area contributed by atoms with Crippen LogP contribution in [0.5, 0.6) is 11.5 Å². The molecular formula is C17H21NO2. The normalized spacial score (nSPS) is 12.0. The highest BCUT2D eigenvalue weighted by atomic mass is 16.5. The van der Waals surface area contributed by atoms with Crippen LogP contribution < -0.4 is 10.1 Å². The molecule has 0 saturated heterocycles.